The molecule has 0 unspecified atom stereocenters. The first-order chi connectivity index (χ1) is 3.41. The van der Waals surface area contributed by atoms with Crippen LogP contribution in [0, 0.1) is 0 Å². The Labute approximate surface area is 42.2 Å². The van der Waals surface area contributed by atoms with Gasteiger partial charge in [-0.1, -0.05) is 0 Å². The van der Waals surface area contributed by atoms with Crippen molar-refractivity contribution in [1.82, 2.24) is 0 Å². The highest BCUT2D eigenvalue weighted by Crippen LogP contribution is 1.67. The van der Waals surface area contributed by atoms with Gasteiger partial charge in [-0.2, -0.15) is 0 Å². The van der Waals surface area contributed by atoms with Crippen LogP contribution in [-0.2, 0) is 14.3 Å². The molecular weight excluding hydrogens is 96.0 g/mol. The predicted molar refractivity (Wildman–Crippen MR) is 23.5 cm³/mol. The van der Waals surface area contributed by atoms with E-state index in [-0.39, 0.29) is 13.4 Å². The molecule has 0 atom stereocenters. The summed E-state index contributed by atoms with van der Waals surface area (Å²) in [6, 6.07) is 0. The quantitative estimate of drug-likeness (QED) is 0.362. The van der Waals surface area contributed by atoms with Crippen LogP contribution in [-0.4, -0.2) is 26.8 Å². The van der Waals surface area contributed by atoms with Gasteiger partial charge in [0.15, 0.2) is 0 Å². The molecule has 0 aliphatic heterocycles. The highest BCUT2D eigenvalue weighted by Gasteiger charge is 1.78. The molecule has 1 radical (unpaired) electrons. The van der Waals surface area contributed by atoms with Crippen molar-refractivity contribution < 1.29 is 14.3 Å². The van der Waals surface area contributed by atoms with Gasteiger partial charge in [0, 0.05) is 7.11 Å². The molecule has 0 aliphatic rings. The molecule has 0 aromatic rings. The zero-order valence-corrected chi connectivity index (χ0v) is 4.14. The largest absolute Gasteiger partial charge is 0.359 e. The molecule has 0 saturated heterocycles. The predicted octanol–water partition coefficient (Wildman–Crippen LogP) is -0.283. The minimum Gasteiger partial charge on any atom is -0.359 e. The van der Waals surface area contributed by atoms with Gasteiger partial charge >= 0.3 is 0 Å². The molecule has 7 heavy (non-hydrogen) atoms. The standard InChI is InChI=1S/C4H7O3/c1-6-4-7-3-2-5/h3-4H2,1H3. The summed E-state index contributed by atoms with van der Waals surface area (Å²) in [6.45, 7) is 0.156. The lowest BCUT2D eigenvalue weighted by Gasteiger charge is -1.92. The minimum atomic E-state index is -0.00611. The molecule has 0 rings (SSSR count). The van der Waals surface area contributed by atoms with Gasteiger partial charge in [0.1, 0.15) is 13.4 Å². The first-order valence-corrected chi connectivity index (χ1v) is 1.83. The Balaban J connectivity index is 2.56. The maximum absolute atomic E-state index is 9.37. The van der Waals surface area contributed by atoms with E-state index in [0.29, 0.717) is 0 Å². The molecule has 0 saturated carbocycles. The molecule has 0 aromatic carbocycles. The molecule has 0 spiro atoms. The fourth-order valence-corrected chi connectivity index (χ4v) is 0.167. The number of methoxy groups -OCH3 is 1. The number of rotatable bonds is 4. The second kappa shape index (κ2) is 5.59. The fourth-order valence-electron chi connectivity index (χ4n) is 0.167. The SMILES string of the molecule is COCOC[C]=O. The summed E-state index contributed by atoms with van der Waals surface area (Å²) < 4.78 is 8.93. The molecular formula is C4H7O3. The number of carbonyl (C=O) groups excluding carboxylic acids is 1. The molecule has 0 bridgehead atoms. The Morgan fingerprint density at radius 2 is 2.43 bits per heavy atom. The third kappa shape index (κ3) is 5.59. The van der Waals surface area contributed by atoms with Crippen LogP contribution in [0.25, 0.3) is 0 Å². The van der Waals surface area contributed by atoms with E-state index in [1.165, 1.54) is 7.11 Å². The first kappa shape index (κ1) is 6.59. The van der Waals surface area contributed by atoms with Crippen LogP contribution >= 0.6 is 0 Å². The van der Waals surface area contributed by atoms with Crippen LogP contribution in [0.4, 0.5) is 0 Å². The summed E-state index contributed by atoms with van der Waals surface area (Å²) in [6.07, 6.45) is 1.55. The normalized spacial score (nSPS) is 8.71. The lowest BCUT2D eigenvalue weighted by Crippen LogP contribution is -1.97. The van der Waals surface area contributed by atoms with Crippen molar-refractivity contribution in [1.29, 1.82) is 0 Å². The molecule has 3 heteroatoms. The molecule has 3 nitrogen and oxygen atoms in total. The highest BCUT2D eigenvalue weighted by atomic mass is 16.7. The van der Waals surface area contributed by atoms with Gasteiger partial charge in [-0.3, -0.25) is 4.79 Å². The smallest absolute Gasteiger partial charge is 0.226 e. The summed E-state index contributed by atoms with van der Waals surface area (Å²) in [7, 11) is 1.49. The van der Waals surface area contributed by atoms with E-state index in [0.717, 1.165) is 0 Å². The van der Waals surface area contributed by atoms with Gasteiger partial charge in [0.25, 0.3) is 0 Å². The molecule has 0 aromatic heterocycles. The van der Waals surface area contributed by atoms with Gasteiger partial charge in [-0.05, 0) is 0 Å². The Morgan fingerprint density at radius 1 is 1.71 bits per heavy atom. The van der Waals surface area contributed by atoms with E-state index in [1.807, 2.05) is 0 Å². The lowest BCUT2D eigenvalue weighted by atomic mass is 10.8. The summed E-state index contributed by atoms with van der Waals surface area (Å²) >= 11 is 0. The maximum atomic E-state index is 9.37. The topological polar surface area (TPSA) is 35.5 Å². The van der Waals surface area contributed by atoms with Crippen molar-refractivity contribution in [2.45, 2.75) is 0 Å². The number of hydrogen-bond acceptors (Lipinski definition) is 3. The van der Waals surface area contributed by atoms with Crippen LogP contribution in [0.2, 0.25) is 0 Å². The van der Waals surface area contributed by atoms with Crippen LogP contribution in [0.1, 0.15) is 0 Å². The van der Waals surface area contributed by atoms with E-state index >= 15 is 0 Å². The van der Waals surface area contributed by atoms with E-state index in [2.05, 4.69) is 9.47 Å². The second-order valence-corrected chi connectivity index (χ2v) is 0.899. The third-order valence-electron chi connectivity index (χ3n) is 0.362. The van der Waals surface area contributed by atoms with Crippen molar-refractivity contribution in [2.75, 3.05) is 20.5 Å². The van der Waals surface area contributed by atoms with Gasteiger partial charge in [-0.15, -0.1) is 0 Å². The van der Waals surface area contributed by atoms with Gasteiger partial charge in [0.05, 0.1) is 0 Å². The van der Waals surface area contributed by atoms with Crippen molar-refractivity contribution in [3.8, 4) is 0 Å². The summed E-state index contributed by atoms with van der Waals surface area (Å²) in [5.74, 6) is 0. The second-order valence-electron chi connectivity index (χ2n) is 0.899. The first-order valence-electron chi connectivity index (χ1n) is 1.83. The average Bonchev–Trinajstić information content (AvgIpc) is 1.69. The minimum absolute atomic E-state index is 0.00611. The molecule has 0 N–H and O–H groups in total. The molecule has 0 aliphatic carbocycles. The van der Waals surface area contributed by atoms with Crippen molar-refractivity contribution in [3.63, 3.8) is 0 Å². The summed E-state index contributed by atoms with van der Waals surface area (Å²) in [4.78, 5) is 9.37. The van der Waals surface area contributed by atoms with Crippen LogP contribution in [0.15, 0.2) is 0 Å². The summed E-state index contributed by atoms with van der Waals surface area (Å²) in [5, 5.41) is 0. The van der Waals surface area contributed by atoms with Crippen LogP contribution in [0.5, 0.6) is 0 Å². The highest BCUT2D eigenvalue weighted by molar-refractivity contribution is 5.51. The van der Waals surface area contributed by atoms with Gasteiger partial charge in [-0.25, -0.2) is 0 Å². The fraction of sp³-hybridized carbons (Fsp3) is 0.750. The van der Waals surface area contributed by atoms with E-state index in [9.17, 15) is 4.79 Å². The molecule has 41 valence electrons. The Hall–Kier alpha value is -0.410. The van der Waals surface area contributed by atoms with Gasteiger partial charge < -0.3 is 9.47 Å². The van der Waals surface area contributed by atoms with E-state index in [4.69, 9.17) is 0 Å². The zero-order valence-electron chi connectivity index (χ0n) is 4.14. The van der Waals surface area contributed by atoms with E-state index < -0.39 is 0 Å². The molecule has 0 heterocycles. The molecule has 0 fully saturated rings. The van der Waals surface area contributed by atoms with Crippen molar-refractivity contribution >= 4 is 6.29 Å². The zero-order chi connectivity index (χ0) is 5.54. The number of hydrogen-bond donors (Lipinski definition) is 0. The van der Waals surface area contributed by atoms with Crippen molar-refractivity contribution in [2.24, 2.45) is 0 Å². The third-order valence-corrected chi connectivity index (χ3v) is 0.362. The maximum Gasteiger partial charge on any atom is 0.226 e. The average molecular weight is 103 g/mol. The Morgan fingerprint density at radius 3 is 2.86 bits per heavy atom. The van der Waals surface area contributed by atoms with E-state index in [1.54, 1.807) is 6.29 Å². The van der Waals surface area contributed by atoms with Crippen LogP contribution < -0.4 is 0 Å². The van der Waals surface area contributed by atoms with Crippen LogP contribution in [0.3, 0.4) is 0 Å². The Bertz CT molecular complexity index is 44.2. The van der Waals surface area contributed by atoms with Gasteiger partial charge in [0.2, 0.25) is 6.29 Å². The number of ether oxygens (including phenoxy) is 2. The summed E-state index contributed by atoms with van der Waals surface area (Å²) in [5.41, 5.74) is 0. The molecule has 0 amide bonds. The monoisotopic (exact) mass is 103 g/mol. The lowest BCUT2D eigenvalue weighted by molar-refractivity contribution is -0.0148. The van der Waals surface area contributed by atoms with Crippen molar-refractivity contribution in [3.05, 3.63) is 0 Å². The Kier molecular flexibility index (Phi) is 5.26.